The minimum Gasteiger partial charge on any atom is -0.497 e. The molecule has 46 heavy (non-hydrogen) atoms. The molecule has 6 rings (SSSR count). The highest BCUT2D eigenvalue weighted by Gasteiger charge is 2.28. The van der Waals surface area contributed by atoms with Crippen LogP contribution in [0.3, 0.4) is 0 Å². The number of hydrogen-bond acceptors (Lipinski definition) is 7. The van der Waals surface area contributed by atoms with Crippen LogP contribution in [0.4, 0.5) is 5.82 Å². The molecule has 2 heterocycles. The van der Waals surface area contributed by atoms with Gasteiger partial charge in [0.05, 0.1) is 12.8 Å². The molecular weight excluding hydrogens is 578 g/mol. The minimum absolute atomic E-state index is 0.192. The van der Waals surface area contributed by atoms with Crippen molar-refractivity contribution in [2.75, 3.05) is 18.6 Å². The fourth-order valence-corrected chi connectivity index (χ4v) is 5.70. The summed E-state index contributed by atoms with van der Waals surface area (Å²) in [5.41, 5.74) is 6.63. The summed E-state index contributed by atoms with van der Waals surface area (Å²) in [6.45, 7) is 3.75. The molecule has 0 aliphatic heterocycles. The maximum absolute atomic E-state index is 13.0. The molecule has 0 amide bonds. The number of aromatic carboxylic acids is 1. The molecule has 232 valence electrons. The molecule has 6 aromatic rings. The standard InChI is InChI=1S/C36H35N7O3/c1-3-22-42(24-26-13-15-27(16-14-26)30-11-7-8-12-31(30)34-37-40-41-38-34)35-32(36(44)45)33(28-17-19-29(46-2)20-18-28)43(39-35)23-21-25-9-5-4-6-10-25/h4-20H,3,21-24H2,1-2H3,(H,44,45)(H,37,38,40,41). The second-order valence-corrected chi connectivity index (χ2v) is 10.9. The monoisotopic (exact) mass is 613 g/mol. The quantitative estimate of drug-likeness (QED) is 0.146. The molecule has 0 radical (unpaired) electrons. The first-order valence-electron chi connectivity index (χ1n) is 15.2. The summed E-state index contributed by atoms with van der Waals surface area (Å²) < 4.78 is 7.21. The van der Waals surface area contributed by atoms with Crippen molar-refractivity contribution >= 4 is 11.8 Å². The third kappa shape index (κ3) is 6.51. The van der Waals surface area contributed by atoms with E-state index < -0.39 is 5.97 Å². The third-order valence-electron chi connectivity index (χ3n) is 7.91. The minimum atomic E-state index is -1.01. The number of carboxylic acids is 1. The number of carboxylic acid groups (broad SMARTS) is 1. The second-order valence-electron chi connectivity index (χ2n) is 10.9. The van der Waals surface area contributed by atoms with Crippen molar-refractivity contribution < 1.29 is 14.6 Å². The van der Waals surface area contributed by atoms with E-state index in [9.17, 15) is 9.90 Å². The predicted octanol–water partition coefficient (Wildman–Crippen LogP) is 6.76. The summed E-state index contributed by atoms with van der Waals surface area (Å²) >= 11 is 0. The molecule has 10 heteroatoms. The van der Waals surface area contributed by atoms with Gasteiger partial charge in [0, 0.05) is 30.8 Å². The van der Waals surface area contributed by atoms with E-state index >= 15 is 0 Å². The average molecular weight is 614 g/mol. The summed E-state index contributed by atoms with van der Waals surface area (Å²) in [4.78, 5) is 15.1. The van der Waals surface area contributed by atoms with Gasteiger partial charge in [-0.3, -0.25) is 4.68 Å². The Morgan fingerprint density at radius 3 is 2.22 bits per heavy atom. The van der Waals surface area contributed by atoms with E-state index in [1.807, 2.05) is 71.4 Å². The molecule has 0 aliphatic rings. The SMILES string of the molecule is CCCN(Cc1ccc(-c2ccccc2-c2nn[nH]n2)cc1)c1nn(CCc2ccccc2)c(-c2ccc(OC)cc2)c1C(=O)O. The third-order valence-corrected chi connectivity index (χ3v) is 7.91. The summed E-state index contributed by atoms with van der Waals surface area (Å²) in [7, 11) is 1.61. The molecule has 2 aromatic heterocycles. The maximum atomic E-state index is 13.0. The van der Waals surface area contributed by atoms with E-state index in [0.29, 0.717) is 49.1 Å². The van der Waals surface area contributed by atoms with E-state index in [1.165, 1.54) is 0 Å². The lowest BCUT2D eigenvalue weighted by Crippen LogP contribution is -2.26. The Morgan fingerprint density at radius 2 is 1.57 bits per heavy atom. The number of ether oxygens (including phenoxy) is 1. The van der Waals surface area contributed by atoms with Gasteiger partial charge >= 0.3 is 5.97 Å². The van der Waals surface area contributed by atoms with Crippen LogP contribution < -0.4 is 9.64 Å². The molecule has 0 unspecified atom stereocenters. The molecule has 10 nitrogen and oxygen atoms in total. The molecular formula is C36H35N7O3. The topological polar surface area (TPSA) is 122 Å². The van der Waals surface area contributed by atoms with Crippen LogP contribution in [0.1, 0.15) is 34.8 Å². The van der Waals surface area contributed by atoms with Crippen LogP contribution >= 0.6 is 0 Å². The summed E-state index contributed by atoms with van der Waals surface area (Å²) in [5.74, 6) is 0.679. The van der Waals surface area contributed by atoms with E-state index in [-0.39, 0.29) is 5.56 Å². The molecule has 2 N–H and O–H groups in total. The van der Waals surface area contributed by atoms with Gasteiger partial charge in [-0.25, -0.2) is 4.79 Å². The molecule has 0 fully saturated rings. The van der Waals surface area contributed by atoms with Crippen LogP contribution in [0.5, 0.6) is 5.75 Å². The molecule has 0 saturated heterocycles. The van der Waals surface area contributed by atoms with Crippen molar-refractivity contribution in [3.8, 4) is 39.5 Å². The Hall–Kier alpha value is -5.77. The molecule has 0 aliphatic carbocycles. The van der Waals surface area contributed by atoms with E-state index in [4.69, 9.17) is 9.84 Å². The zero-order valence-electron chi connectivity index (χ0n) is 25.8. The molecule has 0 spiro atoms. The Balaban J connectivity index is 1.36. The van der Waals surface area contributed by atoms with Gasteiger partial charge in [-0.15, -0.1) is 10.2 Å². The van der Waals surface area contributed by atoms with Gasteiger partial charge in [0.15, 0.2) is 5.82 Å². The number of H-pyrrole nitrogens is 1. The maximum Gasteiger partial charge on any atom is 0.341 e. The molecule has 4 aromatic carbocycles. The lowest BCUT2D eigenvalue weighted by Gasteiger charge is -2.23. The van der Waals surface area contributed by atoms with Crippen LogP contribution in [0.25, 0.3) is 33.8 Å². The Kier molecular flexibility index (Phi) is 9.14. The van der Waals surface area contributed by atoms with E-state index in [0.717, 1.165) is 39.8 Å². The highest BCUT2D eigenvalue weighted by Crippen LogP contribution is 2.35. The van der Waals surface area contributed by atoms with Gasteiger partial charge in [-0.2, -0.15) is 10.3 Å². The van der Waals surface area contributed by atoms with Gasteiger partial charge in [-0.05, 0) is 64.6 Å². The average Bonchev–Trinajstić information content (AvgIpc) is 3.77. The van der Waals surface area contributed by atoms with Crippen molar-refractivity contribution in [2.24, 2.45) is 0 Å². The number of anilines is 1. The number of nitrogens with zero attached hydrogens (tertiary/aromatic N) is 6. The smallest absolute Gasteiger partial charge is 0.341 e. The van der Waals surface area contributed by atoms with Gasteiger partial charge in [0.1, 0.15) is 11.3 Å². The summed E-state index contributed by atoms with van der Waals surface area (Å²) in [5, 5.41) is 30.2. The summed E-state index contributed by atoms with van der Waals surface area (Å²) in [6, 6.07) is 33.8. The first-order valence-corrected chi connectivity index (χ1v) is 15.2. The van der Waals surface area contributed by atoms with Crippen molar-refractivity contribution in [1.82, 2.24) is 30.4 Å². The van der Waals surface area contributed by atoms with Crippen molar-refractivity contribution in [3.05, 3.63) is 120 Å². The number of benzene rings is 4. The van der Waals surface area contributed by atoms with Gasteiger partial charge in [0.25, 0.3) is 0 Å². The van der Waals surface area contributed by atoms with Gasteiger partial charge in [0.2, 0.25) is 5.82 Å². The molecule has 0 atom stereocenters. The number of methoxy groups -OCH3 is 1. The van der Waals surface area contributed by atoms with Crippen LogP contribution in [0.15, 0.2) is 103 Å². The number of aromatic nitrogens is 6. The van der Waals surface area contributed by atoms with Crippen LogP contribution in [-0.2, 0) is 19.5 Å². The van der Waals surface area contributed by atoms with Crippen molar-refractivity contribution in [2.45, 2.75) is 32.9 Å². The van der Waals surface area contributed by atoms with Gasteiger partial charge < -0.3 is 14.7 Å². The fourth-order valence-electron chi connectivity index (χ4n) is 5.70. The van der Waals surface area contributed by atoms with Crippen LogP contribution in [0, 0.1) is 0 Å². The lowest BCUT2D eigenvalue weighted by atomic mass is 9.98. The molecule has 0 bridgehead atoms. The number of aromatic amines is 1. The number of aryl methyl sites for hydroxylation is 2. The predicted molar refractivity (Wildman–Crippen MR) is 178 cm³/mol. The highest BCUT2D eigenvalue weighted by atomic mass is 16.5. The Bertz CT molecular complexity index is 1890. The Labute approximate surface area is 267 Å². The van der Waals surface area contributed by atoms with E-state index in [1.54, 1.807) is 7.11 Å². The zero-order chi connectivity index (χ0) is 31.9. The van der Waals surface area contributed by atoms with Crippen LogP contribution in [-0.4, -0.2) is 55.1 Å². The molecule has 0 saturated carbocycles. The second kappa shape index (κ2) is 13.9. The first-order chi connectivity index (χ1) is 22.6. The van der Waals surface area contributed by atoms with E-state index in [2.05, 4.69) is 68.8 Å². The number of hydrogen-bond donors (Lipinski definition) is 2. The van der Waals surface area contributed by atoms with Crippen LogP contribution in [0.2, 0.25) is 0 Å². The van der Waals surface area contributed by atoms with Gasteiger partial charge in [-0.1, -0.05) is 85.8 Å². The van der Waals surface area contributed by atoms with Crippen molar-refractivity contribution in [3.63, 3.8) is 0 Å². The van der Waals surface area contributed by atoms with Crippen molar-refractivity contribution in [1.29, 1.82) is 0 Å². The fraction of sp³-hybridized carbons (Fsp3) is 0.194. The number of tetrazole rings is 1. The lowest BCUT2D eigenvalue weighted by molar-refractivity contribution is 0.0698. The number of rotatable bonds is 13. The summed E-state index contributed by atoms with van der Waals surface area (Å²) in [6.07, 6.45) is 1.54. The first kappa shape index (κ1) is 30.3. The largest absolute Gasteiger partial charge is 0.497 e. The number of nitrogens with one attached hydrogen (secondary N) is 1. The normalized spacial score (nSPS) is 11.0. The Morgan fingerprint density at radius 1 is 0.870 bits per heavy atom. The highest BCUT2D eigenvalue weighted by molar-refractivity contribution is 6.00. The zero-order valence-corrected chi connectivity index (χ0v) is 25.8. The number of carbonyl (C=O) groups is 1.